The lowest BCUT2D eigenvalue weighted by Crippen LogP contribution is -1.92. The minimum atomic E-state index is 0.819. The molecular weight excluding hydrogens is 312 g/mol. The molecule has 1 heteroatoms. The van der Waals surface area contributed by atoms with Crippen LogP contribution in [0.4, 0.5) is 0 Å². The molecular formula is C23H27Cl. The predicted molar refractivity (Wildman–Crippen MR) is 109 cm³/mol. The fraction of sp³-hybridized carbons (Fsp3) is 0.304. The van der Waals surface area contributed by atoms with Crippen LogP contribution >= 0.6 is 11.6 Å². The van der Waals surface area contributed by atoms with Gasteiger partial charge in [0.25, 0.3) is 0 Å². The van der Waals surface area contributed by atoms with Crippen LogP contribution < -0.4 is 0 Å². The van der Waals surface area contributed by atoms with Gasteiger partial charge in [-0.05, 0) is 73.1 Å². The van der Waals surface area contributed by atoms with Crippen molar-refractivity contribution < 1.29 is 0 Å². The number of allylic oxidation sites excluding steroid dienone is 2. The lowest BCUT2D eigenvalue weighted by molar-refractivity contribution is 0.795. The second-order valence-corrected chi connectivity index (χ2v) is 6.93. The molecule has 0 aromatic heterocycles. The van der Waals surface area contributed by atoms with Crippen molar-refractivity contribution >= 4 is 27.8 Å². The van der Waals surface area contributed by atoms with E-state index in [0.29, 0.717) is 0 Å². The van der Waals surface area contributed by atoms with Crippen molar-refractivity contribution in [2.45, 2.75) is 47.0 Å². The Bertz CT molecular complexity index is 748. The fourth-order valence-electron chi connectivity index (χ4n) is 2.82. The highest BCUT2D eigenvalue weighted by atomic mass is 35.5. The van der Waals surface area contributed by atoms with E-state index < -0.39 is 0 Å². The zero-order chi connectivity index (χ0) is 17.7. The minimum absolute atomic E-state index is 0.819. The number of benzene rings is 2. The quantitative estimate of drug-likeness (QED) is 0.478. The van der Waals surface area contributed by atoms with Gasteiger partial charge in [-0.15, -0.1) is 0 Å². The number of halogens is 1. The molecule has 0 unspecified atom stereocenters. The normalized spacial score (nSPS) is 12.0. The molecule has 24 heavy (non-hydrogen) atoms. The van der Waals surface area contributed by atoms with E-state index in [4.69, 9.17) is 11.6 Å². The van der Waals surface area contributed by atoms with Crippen LogP contribution in [0.5, 0.6) is 0 Å². The number of rotatable bonds is 6. The van der Waals surface area contributed by atoms with Gasteiger partial charge in [-0.2, -0.15) is 0 Å². The highest BCUT2D eigenvalue weighted by Gasteiger charge is 2.09. The molecule has 0 nitrogen and oxygen atoms in total. The first-order valence-corrected chi connectivity index (χ1v) is 9.04. The molecule has 0 N–H and O–H groups in total. The van der Waals surface area contributed by atoms with Crippen molar-refractivity contribution in [1.29, 1.82) is 0 Å². The van der Waals surface area contributed by atoms with E-state index in [1.54, 1.807) is 0 Å². The van der Waals surface area contributed by atoms with Crippen LogP contribution in [0.15, 0.2) is 49.0 Å². The first kappa shape index (κ1) is 18.5. The summed E-state index contributed by atoms with van der Waals surface area (Å²) in [6, 6.07) is 15.1. The summed E-state index contributed by atoms with van der Waals surface area (Å²) in [5.74, 6) is 0. The lowest BCUT2D eigenvalue weighted by Gasteiger charge is -2.12. The van der Waals surface area contributed by atoms with Crippen LogP contribution in [-0.2, 0) is 6.42 Å². The summed E-state index contributed by atoms with van der Waals surface area (Å²) >= 11 is 6.71. The summed E-state index contributed by atoms with van der Waals surface area (Å²) in [7, 11) is 0. The molecule has 0 heterocycles. The Kier molecular flexibility index (Phi) is 6.45. The maximum absolute atomic E-state index is 6.71. The molecule has 0 atom stereocenters. The molecule has 126 valence electrons. The second kappa shape index (κ2) is 8.35. The van der Waals surface area contributed by atoms with Gasteiger partial charge in [0.2, 0.25) is 0 Å². The smallest absolute Gasteiger partial charge is 0.0513 e. The van der Waals surface area contributed by atoms with E-state index in [0.717, 1.165) is 33.7 Å². The molecule has 0 bridgehead atoms. The number of aryl methyl sites for hydroxylation is 2. The molecule has 0 amide bonds. The van der Waals surface area contributed by atoms with Crippen molar-refractivity contribution in [3.63, 3.8) is 0 Å². The van der Waals surface area contributed by atoms with Crippen LogP contribution in [0, 0.1) is 6.92 Å². The van der Waals surface area contributed by atoms with E-state index >= 15 is 0 Å². The Balaban J connectivity index is 2.36. The standard InChI is InChI=1S/C23H27Cl/c1-6-7-8-19-10-13-20(14-11-19)23(24)18(5)22-15-21(16(2)3)12-9-17(22)4/h9-15H,2,6-8H2,1,3-5H3/b23-18+. The molecule has 2 aromatic rings. The Morgan fingerprint density at radius 2 is 1.62 bits per heavy atom. The Morgan fingerprint density at radius 1 is 1.00 bits per heavy atom. The average Bonchev–Trinajstić information content (AvgIpc) is 2.59. The number of unbranched alkanes of at least 4 members (excludes halogenated alkanes) is 1. The molecule has 0 spiro atoms. The second-order valence-electron chi connectivity index (χ2n) is 6.55. The van der Waals surface area contributed by atoms with Gasteiger partial charge in [0.05, 0.1) is 5.03 Å². The largest absolute Gasteiger partial charge is 0.0955 e. The van der Waals surface area contributed by atoms with Gasteiger partial charge in [0, 0.05) is 0 Å². The highest BCUT2D eigenvalue weighted by molar-refractivity contribution is 6.52. The molecule has 2 rings (SSSR count). The molecule has 0 aliphatic carbocycles. The van der Waals surface area contributed by atoms with Gasteiger partial charge in [-0.3, -0.25) is 0 Å². The average molecular weight is 339 g/mol. The molecule has 0 saturated carbocycles. The maximum atomic E-state index is 6.71. The SMILES string of the molecule is C=C(C)c1ccc(C)c(/C(C)=C(/Cl)c2ccc(CCCC)cc2)c1. The molecule has 0 fully saturated rings. The van der Waals surface area contributed by atoms with Gasteiger partial charge in [-0.25, -0.2) is 0 Å². The Morgan fingerprint density at radius 3 is 2.21 bits per heavy atom. The summed E-state index contributed by atoms with van der Waals surface area (Å²) < 4.78 is 0. The van der Waals surface area contributed by atoms with Crippen LogP contribution in [0.1, 0.15) is 61.4 Å². The maximum Gasteiger partial charge on any atom is 0.0513 e. The summed E-state index contributed by atoms with van der Waals surface area (Å²) in [5.41, 5.74) is 8.22. The molecule has 0 saturated heterocycles. The fourth-order valence-corrected chi connectivity index (χ4v) is 3.05. The summed E-state index contributed by atoms with van der Waals surface area (Å²) in [4.78, 5) is 0. The third kappa shape index (κ3) is 4.39. The van der Waals surface area contributed by atoms with Crippen molar-refractivity contribution in [3.05, 3.63) is 76.9 Å². The molecule has 0 aliphatic heterocycles. The van der Waals surface area contributed by atoms with Crippen LogP contribution in [0.25, 0.3) is 16.2 Å². The van der Waals surface area contributed by atoms with Crippen LogP contribution in [0.2, 0.25) is 0 Å². The molecule has 2 aromatic carbocycles. The van der Waals surface area contributed by atoms with Crippen molar-refractivity contribution in [1.82, 2.24) is 0 Å². The van der Waals surface area contributed by atoms with Gasteiger partial charge < -0.3 is 0 Å². The monoisotopic (exact) mass is 338 g/mol. The number of hydrogen-bond acceptors (Lipinski definition) is 0. The highest BCUT2D eigenvalue weighted by Crippen LogP contribution is 2.32. The topological polar surface area (TPSA) is 0 Å². The van der Waals surface area contributed by atoms with Crippen molar-refractivity contribution in [2.75, 3.05) is 0 Å². The number of hydrogen-bond donors (Lipinski definition) is 0. The van der Waals surface area contributed by atoms with Crippen molar-refractivity contribution in [2.24, 2.45) is 0 Å². The summed E-state index contributed by atoms with van der Waals surface area (Å²) in [6.07, 6.45) is 3.59. The first-order valence-electron chi connectivity index (χ1n) is 8.66. The Labute approximate surface area is 151 Å². The Hall–Kier alpha value is -1.79. The van der Waals surface area contributed by atoms with Gasteiger partial charge >= 0.3 is 0 Å². The van der Waals surface area contributed by atoms with Crippen LogP contribution in [-0.4, -0.2) is 0 Å². The lowest BCUT2D eigenvalue weighted by atomic mass is 9.95. The van der Waals surface area contributed by atoms with Gasteiger partial charge in [0.1, 0.15) is 0 Å². The van der Waals surface area contributed by atoms with E-state index in [1.165, 1.54) is 29.5 Å². The van der Waals surface area contributed by atoms with Gasteiger partial charge in [0.15, 0.2) is 0 Å². The summed E-state index contributed by atoms with van der Waals surface area (Å²) in [6.45, 7) is 12.5. The van der Waals surface area contributed by atoms with Gasteiger partial charge in [-0.1, -0.05) is 73.5 Å². The zero-order valence-corrected chi connectivity index (χ0v) is 16.0. The van der Waals surface area contributed by atoms with E-state index in [9.17, 15) is 0 Å². The predicted octanol–water partition coefficient (Wildman–Crippen LogP) is 7.50. The third-order valence-corrected chi connectivity index (χ3v) is 4.99. The minimum Gasteiger partial charge on any atom is -0.0955 e. The summed E-state index contributed by atoms with van der Waals surface area (Å²) in [5, 5.41) is 0.819. The van der Waals surface area contributed by atoms with E-state index in [1.807, 2.05) is 6.92 Å². The molecule has 0 aliphatic rings. The zero-order valence-electron chi connectivity index (χ0n) is 15.2. The molecule has 0 radical (unpaired) electrons. The van der Waals surface area contributed by atoms with Crippen LogP contribution in [0.3, 0.4) is 0 Å². The van der Waals surface area contributed by atoms with E-state index in [2.05, 4.69) is 69.8 Å². The van der Waals surface area contributed by atoms with Crippen molar-refractivity contribution in [3.8, 4) is 0 Å². The first-order chi connectivity index (χ1) is 11.4. The van der Waals surface area contributed by atoms with E-state index in [-0.39, 0.29) is 0 Å². The third-order valence-electron chi connectivity index (χ3n) is 4.49.